The van der Waals surface area contributed by atoms with Gasteiger partial charge in [0, 0.05) is 20.5 Å². The summed E-state index contributed by atoms with van der Waals surface area (Å²) in [7, 11) is -0.518. The van der Waals surface area contributed by atoms with E-state index >= 15 is 0 Å². The van der Waals surface area contributed by atoms with Crippen molar-refractivity contribution in [3.8, 4) is 5.69 Å². The van der Waals surface area contributed by atoms with Crippen LogP contribution in [0.4, 0.5) is 0 Å². The largest absolute Gasteiger partial charge is 0.349 e. The quantitative estimate of drug-likeness (QED) is 0.594. The van der Waals surface area contributed by atoms with Gasteiger partial charge in [0.15, 0.2) is 5.79 Å². The van der Waals surface area contributed by atoms with Gasteiger partial charge in [-0.2, -0.15) is 4.68 Å². The Morgan fingerprint density at radius 2 is 1.81 bits per heavy atom. The molecule has 1 aliphatic heterocycles. The van der Waals surface area contributed by atoms with Crippen molar-refractivity contribution in [1.29, 1.82) is 0 Å². The van der Waals surface area contributed by atoms with E-state index in [2.05, 4.69) is 15.5 Å². The highest BCUT2D eigenvalue weighted by Crippen LogP contribution is 2.35. The van der Waals surface area contributed by atoms with Crippen LogP contribution in [0.15, 0.2) is 35.5 Å². The number of carbonyl (C=O) groups is 1. The number of aromatic nitrogens is 4. The molecular weight excluding hydrogens is 422 g/mol. The zero-order valence-corrected chi connectivity index (χ0v) is 19.1. The Morgan fingerprint density at radius 1 is 1.16 bits per heavy atom. The van der Waals surface area contributed by atoms with Gasteiger partial charge >= 0.3 is 0 Å². The third kappa shape index (κ3) is 5.28. The fraction of sp³-hybridized carbons (Fsp3) is 0.600. The van der Waals surface area contributed by atoms with E-state index in [1.54, 1.807) is 38.4 Å². The maximum absolute atomic E-state index is 13.2. The molecule has 0 spiro atoms. The van der Waals surface area contributed by atoms with E-state index in [1.165, 1.54) is 9.58 Å². The van der Waals surface area contributed by atoms with Crippen LogP contribution in [0, 0.1) is 0 Å². The molecule has 2 heterocycles. The summed E-state index contributed by atoms with van der Waals surface area (Å²) in [6, 6.07) is 8.82. The Bertz CT molecular complexity index is 988. The number of amides is 1. The number of rotatable bonds is 8. The molecule has 10 nitrogen and oxygen atoms in total. The van der Waals surface area contributed by atoms with Gasteiger partial charge < -0.3 is 14.4 Å². The van der Waals surface area contributed by atoms with Gasteiger partial charge in [0.2, 0.25) is 15.7 Å². The van der Waals surface area contributed by atoms with Crippen LogP contribution in [0.3, 0.4) is 0 Å². The second kappa shape index (κ2) is 9.41. The molecule has 1 aromatic heterocycles. The summed E-state index contributed by atoms with van der Waals surface area (Å²) in [5.41, 5.74) is 0.546. The number of hydrogen-bond donors (Lipinski definition) is 0. The van der Waals surface area contributed by atoms with Crippen LogP contribution >= 0.6 is 0 Å². The summed E-state index contributed by atoms with van der Waals surface area (Å²) in [5, 5.41) is 10.9. The minimum Gasteiger partial charge on any atom is -0.349 e. The number of nitrogens with zero attached hydrogens (tertiary/aromatic N) is 5. The summed E-state index contributed by atoms with van der Waals surface area (Å²) >= 11 is 0. The average molecular weight is 452 g/mol. The summed E-state index contributed by atoms with van der Waals surface area (Å²) < 4.78 is 39.9. The molecule has 0 N–H and O–H groups in total. The standard InChI is InChI=1S/C20H29N5O5S/c1-5-20(6-2)29-16(13-18(26)24(3)4)12-17(30-20)14-31(27,28)19-21-22-23-25(19)15-10-8-7-9-11-15/h7-11,16-17H,5-6,12-14H2,1-4H3/t16-,17+/m1/s1. The van der Waals surface area contributed by atoms with Gasteiger partial charge in [-0.25, -0.2) is 8.42 Å². The van der Waals surface area contributed by atoms with E-state index in [0.29, 0.717) is 18.5 Å². The highest BCUT2D eigenvalue weighted by atomic mass is 32.2. The van der Waals surface area contributed by atoms with Gasteiger partial charge in [0.1, 0.15) is 0 Å². The predicted octanol–water partition coefficient (Wildman–Crippen LogP) is 1.60. The molecule has 1 fully saturated rings. The average Bonchev–Trinajstić information content (AvgIpc) is 3.25. The zero-order valence-electron chi connectivity index (χ0n) is 18.3. The lowest BCUT2D eigenvalue weighted by molar-refractivity contribution is -0.316. The first-order chi connectivity index (χ1) is 14.7. The van der Waals surface area contributed by atoms with Crippen LogP contribution in [-0.4, -0.2) is 77.3 Å². The topological polar surface area (TPSA) is 117 Å². The molecule has 0 unspecified atom stereocenters. The van der Waals surface area contributed by atoms with Crippen LogP contribution in [0.2, 0.25) is 0 Å². The Hall–Kier alpha value is -2.37. The molecule has 3 rings (SSSR count). The van der Waals surface area contributed by atoms with Crippen molar-refractivity contribution in [1.82, 2.24) is 25.1 Å². The van der Waals surface area contributed by atoms with Crippen molar-refractivity contribution >= 4 is 15.7 Å². The lowest BCUT2D eigenvalue weighted by Gasteiger charge is -2.44. The molecule has 0 aliphatic carbocycles. The predicted molar refractivity (Wildman–Crippen MR) is 112 cm³/mol. The maximum Gasteiger partial charge on any atom is 0.272 e. The minimum absolute atomic E-state index is 0.0809. The molecule has 1 amide bonds. The number of sulfone groups is 1. The molecule has 1 aliphatic rings. The maximum atomic E-state index is 13.2. The number of hydrogen-bond acceptors (Lipinski definition) is 8. The number of para-hydroxylation sites is 1. The number of tetrazole rings is 1. The van der Waals surface area contributed by atoms with E-state index in [1.807, 2.05) is 19.9 Å². The Labute approximate surface area is 182 Å². The molecule has 2 atom stereocenters. The van der Waals surface area contributed by atoms with Gasteiger partial charge in [-0.1, -0.05) is 37.1 Å². The molecule has 0 radical (unpaired) electrons. The monoisotopic (exact) mass is 451 g/mol. The highest BCUT2D eigenvalue weighted by molar-refractivity contribution is 7.91. The number of benzene rings is 1. The van der Waals surface area contributed by atoms with Crippen molar-refractivity contribution in [3.05, 3.63) is 30.3 Å². The highest BCUT2D eigenvalue weighted by Gasteiger charge is 2.43. The summed E-state index contributed by atoms with van der Waals surface area (Å²) in [4.78, 5) is 13.7. The lowest BCUT2D eigenvalue weighted by atomic mass is 10.0. The molecule has 2 aromatic rings. The fourth-order valence-corrected chi connectivity index (χ4v) is 5.04. The third-order valence-electron chi connectivity index (χ3n) is 5.39. The summed E-state index contributed by atoms with van der Waals surface area (Å²) in [6.45, 7) is 3.84. The minimum atomic E-state index is -3.88. The first kappa shape index (κ1) is 23.3. The zero-order chi connectivity index (χ0) is 22.6. The first-order valence-corrected chi connectivity index (χ1v) is 12.0. The van der Waals surface area contributed by atoms with Gasteiger partial charge in [0.05, 0.1) is 30.1 Å². The van der Waals surface area contributed by atoms with Crippen molar-refractivity contribution < 1.29 is 22.7 Å². The van der Waals surface area contributed by atoms with Gasteiger partial charge in [-0.3, -0.25) is 4.79 Å². The Kier molecular flexibility index (Phi) is 7.07. The van der Waals surface area contributed by atoms with Gasteiger partial charge in [0.25, 0.3) is 5.16 Å². The lowest BCUT2D eigenvalue weighted by Crippen LogP contribution is -2.50. The van der Waals surface area contributed by atoms with E-state index in [9.17, 15) is 13.2 Å². The Balaban J connectivity index is 1.84. The summed E-state index contributed by atoms with van der Waals surface area (Å²) in [5.74, 6) is -1.32. The molecular formula is C20H29N5O5S. The van der Waals surface area contributed by atoms with Crippen molar-refractivity contribution in [2.24, 2.45) is 0 Å². The molecule has 1 saturated heterocycles. The molecule has 0 bridgehead atoms. The smallest absolute Gasteiger partial charge is 0.272 e. The first-order valence-electron chi connectivity index (χ1n) is 10.3. The van der Waals surface area contributed by atoms with Crippen LogP contribution < -0.4 is 0 Å². The van der Waals surface area contributed by atoms with Crippen LogP contribution in [0.1, 0.15) is 39.5 Å². The van der Waals surface area contributed by atoms with Crippen molar-refractivity contribution in [3.63, 3.8) is 0 Å². The fourth-order valence-electron chi connectivity index (χ4n) is 3.64. The van der Waals surface area contributed by atoms with Crippen molar-refractivity contribution in [2.75, 3.05) is 19.8 Å². The van der Waals surface area contributed by atoms with E-state index in [-0.39, 0.29) is 29.7 Å². The molecule has 0 saturated carbocycles. The van der Waals surface area contributed by atoms with Crippen LogP contribution in [0.5, 0.6) is 0 Å². The van der Waals surface area contributed by atoms with Crippen LogP contribution in [-0.2, 0) is 24.1 Å². The third-order valence-corrected chi connectivity index (χ3v) is 7.01. The normalized spacial score (nSPS) is 21.0. The SMILES string of the molecule is CCC1(CC)O[C@@H](CC(=O)N(C)C)C[C@@H](CS(=O)(=O)c2nnnn2-c2ccccc2)O1. The molecule has 170 valence electrons. The molecule has 1 aromatic carbocycles. The van der Waals surface area contributed by atoms with Gasteiger partial charge in [-0.05, 0) is 35.4 Å². The van der Waals surface area contributed by atoms with E-state index in [0.717, 1.165) is 0 Å². The number of carbonyl (C=O) groups excluding carboxylic acids is 1. The van der Waals surface area contributed by atoms with Crippen LogP contribution in [0.25, 0.3) is 5.69 Å². The second-order valence-corrected chi connectivity index (χ2v) is 9.74. The van der Waals surface area contributed by atoms with E-state index in [4.69, 9.17) is 9.47 Å². The van der Waals surface area contributed by atoms with Crippen molar-refractivity contribution in [2.45, 2.75) is 62.7 Å². The second-order valence-electron chi connectivity index (χ2n) is 7.82. The summed E-state index contributed by atoms with van der Waals surface area (Å²) in [6.07, 6.45) is 0.431. The Morgan fingerprint density at radius 3 is 2.42 bits per heavy atom. The van der Waals surface area contributed by atoms with Gasteiger partial charge in [-0.15, -0.1) is 0 Å². The molecule has 31 heavy (non-hydrogen) atoms. The van der Waals surface area contributed by atoms with E-state index < -0.39 is 27.8 Å². The molecule has 11 heteroatoms. The number of ether oxygens (including phenoxy) is 2.